The molecule has 4 nitrogen and oxygen atoms in total. The van der Waals surface area contributed by atoms with Crippen LogP contribution in [0.5, 0.6) is 23.0 Å². The average Bonchev–Trinajstić information content (AvgIpc) is 3.44. The maximum Gasteiger partial charge on any atom is 0.454 e. The second kappa shape index (κ2) is 20.1. The zero-order valence-electron chi connectivity index (χ0n) is 47.6. The summed E-state index contributed by atoms with van der Waals surface area (Å²) >= 11 is 0. The third-order valence-corrected chi connectivity index (χ3v) is 17.6. The van der Waals surface area contributed by atoms with Crippen LogP contribution in [0, 0.1) is 22.5 Å². The Kier molecular flexibility index (Phi) is 14.1. The van der Waals surface area contributed by atoms with Crippen molar-refractivity contribution < 1.29 is 27.8 Å². The molecule has 400 valence electrons. The Balaban J connectivity index is 1.12. The maximum atomic E-state index is 16.0. The Morgan fingerprint density at radius 1 is 0.442 bits per heavy atom. The van der Waals surface area contributed by atoms with Crippen molar-refractivity contribution in [1.82, 2.24) is 0 Å². The lowest BCUT2D eigenvalue weighted by Gasteiger charge is -2.34. The van der Waals surface area contributed by atoms with Gasteiger partial charge in [0.15, 0.2) is 0 Å². The Morgan fingerprint density at radius 3 is 1.19 bits per heavy atom. The Labute approximate surface area is 457 Å². The normalized spacial score (nSPS) is 14.4. The fourth-order valence-electron chi connectivity index (χ4n) is 13.6. The smallest absolute Gasteiger partial charge is 0.454 e. The standard InChI is InChI=1S/C70H78F2O4Si/c1-67(2,3)41-69(7,8)47-35-57(65(73)59(37-47)63-51-25-17-13-21-43(51)33-44-22-14-18-26-52(44)63)55-39-49(71)29-31-61(55)75-77(11,12)76-62-32-30-50(72)40-56(62)58-36-48(70(9,10)42-68(4,5)6)38-60(66(58)74)64-53-27-19-15-23-45(53)34-46-24-16-20-28-54(46)64/h13,15,17,19,21,23,25,27,29-40,73-74H,14,16,18,20,22,24,26,28,41-42H2,1-12H3. The van der Waals surface area contributed by atoms with Crippen LogP contribution in [0.3, 0.4) is 0 Å². The van der Waals surface area contributed by atoms with E-state index >= 15 is 8.78 Å². The van der Waals surface area contributed by atoms with Gasteiger partial charge in [-0.25, -0.2) is 8.78 Å². The number of aryl methyl sites for hydroxylation is 2. The van der Waals surface area contributed by atoms with Crippen LogP contribution < -0.4 is 8.85 Å². The van der Waals surface area contributed by atoms with Crippen molar-refractivity contribution in [2.75, 3.05) is 0 Å². The Bertz CT molecular complexity index is 3360. The van der Waals surface area contributed by atoms with Crippen LogP contribution in [0.4, 0.5) is 8.78 Å². The van der Waals surface area contributed by atoms with Crippen LogP contribution in [0.1, 0.15) is 141 Å². The minimum atomic E-state index is -3.42. The molecule has 10 rings (SSSR count). The SMILES string of the molecule is CC(C)(C)CC(C)(C)c1cc(-c2cc(F)ccc2O[Si](C)(C)Oc2ccc(F)cc2-c2cc(C(C)(C)CC(C)(C)C)cc(-c3c4c(cc5ccccc35)CCCC4)c2O)c(O)c(-c2c3c(cc4ccccc24)CCCC3)c1. The Hall–Kier alpha value is -6.44. The third kappa shape index (κ3) is 11.0. The molecule has 0 bridgehead atoms. The zero-order chi connectivity index (χ0) is 55.0. The number of phenols is 2. The van der Waals surface area contributed by atoms with E-state index in [1.807, 2.05) is 25.2 Å². The summed E-state index contributed by atoms with van der Waals surface area (Å²) in [6.45, 7) is 26.3. The van der Waals surface area contributed by atoms with Gasteiger partial charge in [0.2, 0.25) is 0 Å². The summed E-state index contributed by atoms with van der Waals surface area (Å²) < 4.78 is 46.2. The highest BCUT2D eigenvalue weighted by Crippen LogP contribution is 2.53. The average molecular weight is 1050 g/mol. The molecule has 0 aromatic heterocycles. The summed E-state index contributed by atoms with van der Waals surface area (Å²) in [4.78, 5) is 0. The molecule has 0 heterocycles. The first kappa shape index (κ1) is 53.9. The van der Waals surface area contributed by atoms with Gasteiger partial charge in [0.05, 0.1) is 0 Å². The minimum Gasteiger partial charge on any atom is -0.512 e. The van der Waals surface area contributed by atoms with Gasteiger partial charge in [-0.1, -0.05) is 130 Å². The second-order valence-electron chi connectivity index (χ2n) is 26.6. The van der Waals surface area contributed by atoms with Gasteiger partial charge in [0.25, 0.3) is 0 Å². The van der Waals surface area contributed by atoms with E-state index < -0.39 is 20.2 Å². The molecule has 2 aliphatic rings. The van der Waals surface area contributed by atoms with Crippen LogP contribution >= 0.6 is 0 Å². The van der Waals surface area contributed by atoms with E-state index in [0.29, 0.717) is 33.8 Å². The van der Waals surface area contributed by atoms with E-state index in [1.165, 1.54) is 46.5 Å². The number of hydrogen-bond donors (Lipinski definition) is 2. The van der Waals surface area contributed by atoms with E-state index in [2.05, 4.69) is 142 Å². The quantitative estimate of drug-likeness (QED) is 0.120. The number of rotatable bonds is 12. The van der Waals surface area contributed by atoms with Gasteiger partial charge in [-0.2, -0.15) is 0 Å². The molecule has 0 saturated heterocycles. The summed E-state index contributed by atoms with van der Waals surface area (Å²) in [7, 11) is -3.42. The first-order valence-corrected chi connectivity index (χ1v) is 30.9. The van der Waals surface area contributed by atoms with E-state index in [-0.39, 0.29) is 33.2 Å². The summed E-state index contributed by atoms with van der Waals surface area (Å²) in [5, 5.41) is 30.3. The molecule has 0 fully saturated rings. The van der Waals surface area contributed by atoms with Crippen molar-refractivity contribution in [2.45, 2.75) is 157 Å². The fraction of sp³-hybridized carbons (Fsp3) is 0.371. The molecule has 0 saturated carbocycles. The molecule has 0 atom stereocenters. The molecule has 0 aliphatic heterocycles. The first-order valence-electron chi connectivity index (χ1n) is 28.1. The number of benzene rings is 8. The van der Waals surface area contributed by atoms with Crippen LogP contribution in [-0.4, -0.2) is 18.8 Å². The second-order valence-corrected chi connectivity index (χ2v) is 29.8. The highest BCUT2D eigenvalue weighted by molar-refractivity contribution is 6.66. The van der Waals surface area contributed by atoms with Gasteiger partial charge < -0.3 is 19.1 Å². The van der Waals surface area contributed by atoms with E-state index in [9.17, 15) is 10.2 Å². The molecule has 8 aromatic carbocycles. The predicted molar refractivity (Wildman–Crippen MR) is 319 cm³/mol. The molecular weight excluding hydrogens is 971 g/mol. The summed E-state index contributed by atoms with van der Waals surface area (Å²) in [5.74, 6) is -0.0944. The van der Waals surface area contributed by atoms with Crippen LogP contribution in [-0.2, 0) is 36.5 Å². The summed E-state index contributed by atoms with van der Waals surface area (Å²) in [5.41, 5.74) is 11.7. The number of aromatic hydroxyl groups is 2. The van der Waals surface area contributed by atoms with Gasteiger partial charge in [0.1, 0.15) is 34.6 Å². The maximum absolute atomic E-state index is 16.0. The monoisotopic (exact) mass is 1050 g/mol. The van der Waals surface area contributed by atoms with Crippen LogP contribution in [0.15, 0.2) is 121 Å². The van der Waals surface area contributed by atoms with E-state index in [0.717, 1.165) is 119 Å². The van der Waals surface area contributed by atoms with Crippen LogP contribution in [0.2, 0.25) is 13.1 Å². The number of halogens is 2. The van der Waals surface area contributed by atoms with Gasteiger partial charge in [-0.15, -0.1) is 0 Å². The lowest BCUT2D eigenvalue weighted by Crippen LogP contribution is -2.42. The largest absolute Gasteiger partial charge is 0.512 e. The van der Waals surface area contributed by atoms with Crippen molar-refractivity contribution in [3.05, 3.63) is 166 Å². The van der Waals surface area contributed by atoms with Gasteiger partial charge in [-0.3, -0.25) is 0 Å². The molecule has 7 heteroatoms. The highest BCUT2D eigenvalue weighted by Gasteiger charge is 2.36. The van der Waals surface area contributed by atoms with Crippen LogP contribution in [0.25, 0.3) is 66.1 Å². The molecule has 0 unspecified atom stereocenters. The van der Waals surface area contributed by atoms with Gasteiger partial charge in [-0.05, 0) is 213 Å². The fourth-order valence-corrected chi connectivity index (χ4v) is 15.1. The van der Waals surface area contributed by atoms with E-state index in [1.54, 1.807) is 12.1 Å². The number of fused-ring (bicyclic) bond motifs is 4. The third-order valence-electron chi connectivity index (χ3n) is 16.2. The minimum absolute atomic E-state index is 0.0166. The van der Waals surface area contributed by atoms with Crippen molar-refractivity contribution in [3.8, 4) is 67.5 Å². The van der Waals surface area contributed by atoms with Crippen molar-refractivity contribution in [1.29, 1.82) is 0 Å². The molecule has 8 aromatic rings. The lowest BCUT2D eigenvalue weighted by atomic mass is 9.71. The topological polar surface area (TPSA) is 58.9 Å². The van der Waals surface area contributed by atoms with Crippen molar-refractivity contribution in [3.63, 3.8) is 0 Å². The number of hydrogen-bond acceptors (Lipinski definition) is 4. The Morgan fingerprint density at radius 2 is 0.805 bits per heavy atom. The molecule has 0 spiro atoms. The molecule has 2 aliphatic carbocycles. The highest BCUT2D eigenvalue weighted by atomic mass is 28.4. The first-order chi connectivity index (χ1) is 36.3. The summed E-state index contributed by atoms with van der Waals surface area (Å²) in [6.07, 6.45) is 9.82. The lowest BCUT2D eigenvalue weighted by molar-refractivity contribution is 0.283. The zero-order valence-corrected chi connectivity index (χ0v) is 48.6. The molecule has 77 heavy (non-hydrogen) atoms. The van der Waals surface area contributed by atoms with Crippen molar-refractivity contribution >= 4 is 30.1 Å². The molecule has 2 N–H and O–H groups in total. The van der Waals surface area contributed by atoms with Gasteiger partial charge >= 0.3 is 8.56 Å². The number of phenolic OH excluding ortho intramolecular Hbond substituents is 2. The van der Waals surface area contributed by atoms with E-state index in [4.69, 9.17) is 8.85 Å². The molecule has 0 radical (unpaired) electrons. The predicted octanol–water partition coefficient (Wildman–Crippen LogP) is 19.7. The van der Waals surface area contributed by atoms with Gasteiger partial charge in [0, 0.05) is 46.5 Å². The summed E-state index contributed by atoms with van der Waals surface area (Å²) in [6, 6.07) is 38.8. The molecule has 0 amide bonds. The molecular formula is C70H78F2O4Si. The van der Waals surface area contributed by atoms with Crippen molar-refractivity contribution in [2.24, 2.45) is 10.8 Å².